The molecule has 0 amide bonds. The Balaban J connectivity index is 2.13. The van der Waals surface area contributed by atoms with Crippen LogP contribution >= 0.6 is 15.9 Å². The fraction of sp³-hybridized carbons (Fsp3) is 0.188. The van der Waals surface area contributed by atoms with Gasteiger partial charge in [-0.3, -0.25) is 0 Å². The van der Waals surface area contributed by atoms with Crippen LogP contribution in [0.4, 0.5) is 5.69 Å². The van der Waals surface area contributed by atoms with E-state index in [9.17, 15) is 0 Å². The Morgan fingerprint density at radius 2 is 2.10 bits per heavy atom. The number of halogens is 1. The Kier molecular flexibility index (Phi) is 3.49. The zero-order valence-electron chi connectivity index (χ0n) is 11.4. The van der Waals surface area contributed by atoms with Gasteiger partial charge in [0, 0.05) is 22.3 Å². The summed E-state index contributed by atoms with van der Waals surface area (Å²) < 4.78 is 6.93. The highest BCUT2D eigenvalue weighted by Crippen LogP contribution is 2.29. The zero-order chi connectivity index (χ0) is 14.1. The highest BCUT2D eigenvalue weighted by molar-refractivity contribution is 9.10. The van der Waals surface area contributed by atoms with Crippen LogP contribution in [0.15, 0.2) is 45.3 Å². The van der Waals surface area contributed by atoms with Crippen LogP contribution in [-0.2, 0) is 0 Å². The number of aromatic nitrogens is 1. The van der Waals surface area contributed by atoms with Crippen molar-refractivity contribution in [2.24, 2.45) is 0 Å². The van der Waals surface area contributed by atoms with Crippen LogP contribution < -0.4 is 5.32 Å². The topological polar surface area (TPSA) is 38.1 Å². The molecule has 0 aliphatic rings. The quantitative estimate of drug-likeness (QED) is 0.734. The molecular weight excluding hydrogens is 316 g/mol. The number of nitrogens with zero attached hydrogens (tertiary/aromatic N) is 1. The van der Waals surface area contributed by atoms with Gasteiger partial charge in [0.15, 0.2) is 5.58 Å². The summed E-state index contributed by atoms with van der Waals surface area (Å²) in [5, 5.41) is 3.31. The van der Waals surface area contributed by atoms with E-state index < -0.39 is 0 Å². The summed E-state index contributed by atoms with van der Waals surface area (Å²) in [4.78, 5) is 4.60. The fourth-order valence-corrected chi connectivity index (χ4v) is 2.65. The summed E-state index contributed by atoms with van der Waals surface area (Å²) in [7, 11) is 0. The smallest absolute Gasteiger partial charge is 0.227 e. The molecule has 0 bridgehead atoms. The Labute approximate surface area is 126 Å². The molecule has 20 heavy (non-hydrogen) atoms. The second-order valence-electron chi connectivity index (χ2n) is 4.70. The number of benzene rings is 2. The number of fused-ring (bicyclic) bond motifs is 1. The normalized spacial score (nSPS) is 10.9. The third-order valence-electron chi connectivity index (χ3n) is 3.13. The van der Waals surface area contributed by atoms with Gasteiger partial charge in [-0.25, -0.2) is 4.98 Å². The van der Waals surface area contributed by atoms with Gasteiger partial charge in [-0.2, -0.15) is 0 Å². The van der Waals surface area contributed by atoms with Crippen molar-refractivity contribution in [1.29, 1.82) is 0 Å². The van der Waals surface area contributed by atoms with Crippen molar-refractivity contribution >= 4 is 32.7 Å². The predicted octanol–water partition coefficient (Wildman–Crippen LogP) is 5.00. The molecule has 3 aromatic rings. The monoisotopic (exact) mass is 330 g/mol. The number of hydrogen-bond acceptors (Lipinski definition) is 3. The number of anilines is 1. The van der Waals surface area contributed by atoms with Crippen molar-refractivity contribution in [3.63, 3.8) is 0 Å². The second-order valence-corrected chi connectivity index (χ2v) is 5.62. The van der Waals surface area contributed by atoms with E-state index in [1.54, 1.807) is 0 Å². The lowest BCUT2D eigenvalue weighted by Crippen LogP contribution is -1.96. The van der Waals surface area contributed by atoms with E-state index in [4.69, 9.17) is 4.42 Å². The Hall–Kier alpha value is -1.81. The Morgan fingerprint density at radius 1 is 1.25 bits per heavy atom. The average Bonchev–Trinajstić information content (AvgIpc) is 2.84. The highest BCUT2D eigenvalue weighted by Gasteiger charge is 2.11. The average molecular weight is 331 g/mol. The number of nitrogens with one attached hydrogen (secondary N) is 1. The van der Waals surface area contributed by atoms with Crippen LogP contribution in [-0.4, -0.2) is 11.5 Å². The van der Waals surface area contributed by atoms with Gasteiger partial charge in [-0.05, 0) is 49.7 Å². The van der Waals surface area contributed by atoms with Crippen molar-refractivity contribution < 1.29 is 4.42 Å². The van der Waals surface area contributed by atoms with Gasteiger partial charge in [-0.15, -0.1) is 0 Å². The van der Waals surface area contributed by atoms with Crippen LogP contribution in [0, 0.1) is 6.92 Å². The largest absolute Gasteiger partial charge is 0.436 e. The van der Waals surface area contributed by atoms with Gasteiger partial charge in [0.1, 0.15) is 5.52 Å². The third kappa shape index (κ3) is 2.43. The molecule has 1 aromatic heterocycles. The van der Waals surface area contributed by atoms with Gasteiger partial charge in [0.05, 0.1) is 0 Å². The van der Waals surface area contributed by atoms with E-state index in [1.807, 2.05) is 37.3 Å². The van der Waals surface area contributed by atoms with Gasteiger partial charge in [0.25, 0.3) is 0 Å². The van der Waals surface area contributed by atoms with E-state index in [1.165, 1.54) is 0 Å². The zero-order valence-corrected chi connectivity index (χ0v) is 13.0. The molecule has 0 aliphatic carbocycles. The maximum Gasteiger partial charge on any atom is 0.227 e. The molecule has 102 valence electrons. The molecule has 0 unspecified atom stereocenters. The lowest BCUT2D eigenvalue weighted by Gasteiger charge is -2.03. The lowest BCUT2D eigenvalue weighted by atomic mass is 10.2. The molecule has 0 fully saturated rings. The molecule has 1 N–H and O–H groups in total. The number of rotatable bonds is 3. The first-order chi connectivity index (χ1) is 9.67. The minimum atomic E-state index is 0.651. The van der Waals surface area contributed by atoms with Crippen LogP contribution in [0.25, 0.3) is 22.6 Å². The number of oxazole rings is 1. The summed E-state index contributed by atoms with van der Waals surface area (Å²) in [6.07, 6.45) is 0. The lowest BCUT2D eigenvalue weighted by molar-refractivity contribution is 0.617. The van der Waals surface area contributed by atoms with Gasteiger partial charge < -0.3 is 9.73 Å². The molecule has 0 aliphatic heterocycles. The number of hydrogen-bond donors (Lipinski definition) is 1. The molecule has 1 heterocycles. The third-order valence-corrected chi connectivity index (χ3v) is 3.62. The molecule has 0 saturated carbocycles. The minimum absolute atomic E-state index is 0.651. The van der Waals surface area contributed by atoms with Gasteiger partial charge >= 0.3 is 0 Å². The molecule has 0 saturated heterocycles. The van der Waals surface area contributed by atoms with Crippen molar-refractivity contribution in [3.05, 3.63) is 46.4 Å². The summed E-state index contributed by atoms with van der Waals surface area (Å²) in [5.74, 6) is 0.651. The van der Waals surface area contributed by atoms with Gasteiger partial charge in [-0.1, -0.05) is 22.0 Å². The fourth-order valence-electron chi connectivity index (χ4n) is 2.25. The maximum absolute atomic E-state index is 5.91. The van der Waals surface area contributed by atoms with Crippen molar-refractivity contribution in [2.75, 3.05) is 11.9 Å². The predicted molar refractivity (Wildman–Crippen MR) is 86.0 cm³/mol. The van der Waals surface area contributed by atoms with Crippen LogP contribution in [0.3, 0.4) is 0 Å². The van der Waals surface area contributed by atoms with Crippen molar-refractivity contribution in [3.8, 4) is 11.5 Å². The molecule has 3 nitrogen and oxygen atoms in total. The highest BCUT2D eigenvalue weighted by atomic mass is 79.9. The van der Waals surface area contributed by atoms with Crippen LogP contribution in [0.2, 0.25) is 0 Å². The first kappa shape index (κ1) is 13.2. The maximum atomic E-state index is 5.91. The van der Waals surface area contributed by atoms with Crippen molar-refractivity contribution in [1.82, 2.24) is 4.98 Å². The standard InChI is InChI=1S/C16H15BrN2O/c1-3-18-13-7-10(2)15-14(9-13)19-16(20-15)11-5-4-6-12(17)8-11/h4-9,18H,3H2,1-2H3. The first-order valence-electron chi connectivity index (χ1n) is 6.58. The van der Waals surface area contributed by atoms with Crippen LogP contribution in [0.5, 0.6) is 0 Å². The second kappa shape index (κ2) is 5.29. The molecule has 0 spiro atoms. The summed E-state index contributed by atoms with van der Waals surface area (Å²) in [6, 6.07) is 12.1. The number of aryl methyl sites for hydroxylation is 1. The molecule has 2 aromatic carbocycles. The van der Waals surface area contributed by atoms with Crippen LogP contribution in [0.1, 0.15) is 12.5 Å². The molecule has 4 heteroatoms. The Bertz CT molecular complexity index is 764. The molecular formula is C16H15BrN2O. The van der Waals surface area contributed by atoms with E-state index >= 15 is 0 Å². The van der Waals surface area contributed by atoms with Crippen molar-refractivity contribution in [2.45, 2.75) is 13.8 Å². The van der Waals surface area contributed by atoms with E-state index in [0.29, 0.717) is 5.89 Å². The van der Waals surface area contributed by atoms with E-state index in [-0.39, 0.29) is 0 Å². The van der Waals surface area contributed by atoms with E-state index in [0.717, 1.165) is 38.9 Å². The van der Waals surface area contributed by atoms with Gasteiger partial charge in [0.2, 0.25) is 5.89 Å². The molecule has 0 radical (unpaired) electrons. The molecule has 0 atom stereocenters. The molecule has 3 rings (SSSR count). The Morgan fingerprint density at radius 3 is 2.85 bits per heavy atom. The summed E-state index contributed by atoms with van der Waals surface area (Å²) in [6.45, 7) is 5.01. The van der Waals surface area contributed by atoms with E-state index in [2.05, 4.69) is 39.2 Å². The minimum Gasteiger partial charge on any atom is -0.436 e. The SMILES string of the molecule is CCNc1cc(C)c2oc(-c3cccc(Br)c3)nc2c1. The summed E-state index contributed by atoms with van der Waals surface area (Å²) >= 11 is 3.47. The summed E-state index contributed by atoms with van der Waals surface area (Å²) in [5.41, 5.74) is 4.87. The first-order valence-corrected chi connectivity index (χ1v) is 7.37.